The van der Waals surface area contributed by atoms with E-state index < -0.39 is 0 Å². The molecule has 0 spiro atoms. The second-order valence-corrected chi connectivity index (χ2v) is 8.25. The second-order valence-electron chi connectivity index (χ2n) is 6.18. The highest BCUT2D eigenvalue weighted by Crippen LogP contribution is 2.30. The summed E-state index contributed by atoms with van der Waals surface area (Å²) in [5.74, 6) is 0.349. The van der Waals surface area contributed by atoms with Gasteiger partial charge in [0.15, 0.2) is 5.16 Å². The Morgan fingerprint density at radius 1 is 0.926 bits per heavy atom. The van der Waals surface area contributed by atoms with Crippen LogP contribution in [0.15, 0.2) is 53.7 Å². The number of carbonyl (C=O) groups excluding carboxylic acids is 2. The Bertz CT molecular complexity index is 1160. The Balaban J connectivity index is 1.27. The number of hydrogen-bond acceptors (Lipinski definition) is 6. The van der Waals surface area contributed by atoms with E-state index in [9.17, 15) is 9.59 Å². The van der Waals surface area contributed by atoms with Crippen molar-refractivity contribution in [3.05, 3.63) is 59.7 Å². The number of carbonyl (C=O) groups is 2. The first-order valence-corrected chi connectivity index (χ1v) is 10.3. The first-order chi connectivity index (χ1) is 13.2. The maximum atomic E-state index is 12.4. The summed E-state index contributed by atoms with van der Waals surface area (Å²) in [6, 6.07) is 15.1. The van der Waals surface area contributed by atoms with Crippen LogP contribution in [-0.2, 0) is 0 Å². The van der Waals surface area contributed by atoms with Crippen molar-refractivity contribution < 1.29 is 9.59 Å². The second kappa shape index (κ2) is 6.47. The fraction of sp³-hybridized carbons (Fsp3) is 0.158. The van der Waals surface area contributed by atoms with E-state index in [4.69, 9.17) is 0 Å². The molecule has 0 unspecified atom stereocenters. The van der Waals surface area contributed by atoms with E-state index in [1.165, 1.54) is 9.60 Å². The molecule has 0 bridgehead atoms. The van der Waals surface area contributed by atoms with Crippen molar-refractivity contribution in [1.82, 2.24) is 19.5 Å². The van der Waals surface area contributed by atoms with Crippen LogP contribution in [0.3, 0.4) is 0 Å². The number of benzene rings is 2. The number of thioether (sulfide) groups is 1. The van der Waals surface area contributed by atoms with Gasteiger partial charge >= 0.3 is 0 Å². The minimum Gasteiger partial charge on any atom is -0.274 e. The predicted molar refractivity (Wildman–Crippen MR) is 106 cm³/mol. The minimum atomic E-state index is -0.200. The maximum Gasteiger partial charge on any atom is 0.261 e. The molecule has 5 rings (SSSR count). The Labute approximate surface area is 162 Å². The zero-order valence-electron chi connectivity index (χ0n) is 14.2. The lowest BCUT2D eigenvalue weighted by atomic mass is 10.1. The summed E-state index contributed by atoms with van der Waals surface area (Å²) >= 11 is 3.21. The molecule has 0 aliphatic carbocycles. The summed E-state index contributed by atoms with van der Waals surface area (Å²) in [5, 5.41) is 9.37. The van der Waals surface area contributed by atoms with Crippen LogP contribution in [0.4, 0.5) is 0 Å². The molecule has 0 fully saturated rings. The van der Waals surface area contributed by atoms with Crippen molar-refractivity contribution in [3.63, 3.8) is 0 Å². The quantitative estimate of drug-likeness (QED) is 0.293. The highest BCUT2D eigenvalue weighted by atomic mass is 32.2. The zero-order chi connectivity index (χ0) is 18.4. The summed E-state index contributed by atoms with van der Waals surface area (Å²) in [6.07, 6.45) is 0.702. The van der Waals surface area contributed by atoms with E-state index in [1.807, 2.05) is 12.1 Å². The SMILES string of the molecule is O=C1c2ccccc2C(=O)N1CCCSc1nnc2sc3ccccc3n12. The van der Waals surface area contributed by atoms with E-state index >= 15 is 0 Å². The van der Waals surface area contributed by atoms with Gasteiger partial charge in [0.2, 0.25) is 4.96 Å². The normalized spacial score (nSPS) is 13.9. The molecule has 3 heterocycles. The van der Waals surface area contributed by atoms with Gasteiger partial charge in [-0.3, -0.25) is 18.9 Å². The number of hydrogen-bond donors (Lipinski definition) is 0. The molecule has 1 aliphatic heterocycles. The molecule has 27 heavy (non-hydrogen) atoms. The fourth-order valence-corrected chi connectivity index (χ4v) is 5.17. The third-order valence-corrected chi connectivity index (χ3v) is 6.57. The Morgan fingerprint density at radius 3 is 2.41 bits per heavy atom. The molecule has 2 aromatic carbocycles. The maximum absolute atomic E-state index is 12.4. The fourth-order valence-electron chi connectivity index (χ4n) is 3.28. The Hall–Kier alpha value is -2.71. The summed E-state index contributed by atoms with van der Waals surface area (Å²) in [7, 11) is 0. The van der Waals surface area contributed by atoms with Crippen molar-refractivity contribution in [1.29, 1.82) is 0 Å². The van der Waals surface area contributed by atoms with Gasteiger partial charge < -0.3 is 0 Å². The number of aromatic nitrogens is 3. The number of imide groups is 1. The van der Waals surface area contributed by atoms with Gasteiger partial charge in [0.25, 0.3) is 11.8 Å². The molecule has 0 N–H and O–H groups in total. The lowest BCUT2D eigenvalue weighted by Gasteiger charge is -2.12. The molecular weight excluding hydrogens is 380 g/mol. The average molecular weight is 394 g/mol. The first kappa shape index (κ1) is 16.5. The van der Waals surface area contributed by atoms with Crippen LogP contribution in [0.25, 0.3) is 15.2 Å². The van der Waals surface area contributed by atoms with E-state index in [0.717, 1.165) is 21.4 Å². The number of para-hydroxylation sites is 1. The third kappa shape index (κ3) is 2.64. The minimum absolute atomic E-state index is 0.200. The van der Waals surface area contributed by atoms with Crippen LogP contribution >= 0.6 is 23.1 Å². The lowest BCUT2D eigenvalue weighted by Crippen LogP contribution is -2.31. The van der Waals surface area contributed by atoms with Crippen molar-refractivity contribution in [2.45, 2.75) is 11.6 Å². The molecule has 6 nitrogen and oxygen atoms in total. The van der Waals surface area contributed by atoms with E-state index in [-0.39, 0.29) is 11.8 Å². The number of fused-ring (bicyclic) bond motifs is 4. The lowest BCUT2D eigenvalue weighted by molar-refractivity contribution is 0.0655. The number of amides is 2. The van der Waals surface area contributed by atoms with Gasteiger partial charge in [-0.25, -0.2) is 0 Å². The van der Waals surface area contributed by atoms with Crippen LogP contribution in [0.5, 0.6) is 0 Å². The van der Waals surface area contributed by atoms with Gasteiger partial charge in [0.05, 0.1) is 21.3 Å². The smallest absolute Gasteiger partial charge is 0.261 e. The molecule has 0 atom stereocenters. The van der Waals surface area contributed by atoms with Gasteiger partial charge in [-0.15, -0.1) is 10.2 Å². The Kier molecular flexibility index (Phi) is 3.95. The van der Waals surface area contributed by atoms with Gasteiger partial charge in [-0.2, -0.15) is 0 Å². The molecule has 2 amide bonds. The Morgan fingerprint density at radius 2 is 1.63 bits per heavy atom. The van der Waals surface area contributed by atoms with Crippen molar-refractivity contribution in [2.24, 2.45) is 0 Å². The standard InChI is InChI=1S/C19H14N4O2S2/c24-16-12-6-1-2-7-13(12)17(25)22(16)10-5-11-26-18-20-21-19-23(18)14-8-3-4-9-15(14)27-19/h1-4,6-9H,5,10-11H2. The molecule has 2 aromatic heterocycles. The molecule has 0 radical (unpaired) electrons. The van der Waals surface area contributed by atoms with Crippen LogP contribution < -0.4 is 0 Å². The highest BCUT2D eigenvalue weighted by Gasteiger charge is 2.34. The molecule has 0 saturated heterocycles. The summed E-state index contributed by atoms with van der Waals surface area (Å²) in [4.78, 5) is 27.0. The number of rotatable bonds is 5. The number of thiazole rings is 1. The molecule has 4 aromatic rings. The topological polar surface area (TPSA) is 67.6 Å². The number of nitrogens with zero attached hydrogens (tertiary/aromatic N) is 4. The van der Waals surface area contributed by atoms with Crippen LogP contribution in [-0.4, -0.2) is 43.6 Å². The van der Waals surface area contributed by atoms with Gasteiger partial charge in [0.1, 0.15) is 0 Å². The van der Waals surface area contributed by atoms with E-state index in [1.54, 1.807) is 47.4 Å². The van der Waals surface area contributed by atoms with Crippen LogP contribution in [0.2, 0.25) is 0 Å². The summed E-state index contributed by atoms with van der Waals surface area (Å²) in [6.45, 7) is 0.408. The van der Waals surface area contributed by atoms with Crippen molar-refractivity contribution in [2.75, 3.05) is 12.3 Å². The molecular formula is C19H14N4O2S2. The molecule has 134 valence electrons. The predicted octanol–water partition coefficient (Wildman–Crippen LogP) is 3.72. The van der Waals surface area contributed by atoms with Gasteiger partial charge in [-0.1, -0.05) is 47.4 Å². The molecule has 0 saturated carbocycles. The van der Waals surface area contributed by atoms with Crippen LogP contribution in [0, 0.1) is 0 Å². The van der Waals surface area contributed by atoms with Gasteiger partial charge in [0, 0.05) is 12.3 Å². The van der Waals surface area contributed by atoms with Crippen molar-refractivity contribution >= 4 is 50.1 Å². The average Bonchev–Trinajstić information content (AvgIpc) is 3.33. The highest BCUT2D eigenvalue weighted by molar-refractivity contribution is 7.99. The molecule has 1 aliphatic rings. The summed E-state index contributed by atoms with van der Waals surface area (Å²) in [5.41, 5.74) is 2.10. The first-order valence-electron chi connectivity index (χ1n) is 8.55. The third-order valence-electron chi connectivity index (χ3n) is 4.55. The van der Waals surface area contributed by atoms with Gasteiger partial charge in [-0.05, 0) is 30.7 Å². The summed E-state index contributed by atoms with van der Waals surface area (Å²) < 4.78 is 3.24. The van der Waals surface area contributed by atoms with Crippen molar-refractivity contribution in [3.8, 4) is 0 Å². The largest absolute Gasteiger partial charge is 0.274 e. The molecule has 8 heteroatoms. The monoisotopic (exact) mass is 394 g/mol. The van der Waals surface area contributed by atoms with Crippen LogP contribution in [0.1, 0.15) is 27.1 Å². The van der Waals surface area contributed by atoms with E-state index in [0.29, 0.717) is 24.1 Å². The van der Waals surface area contributed by atoms with E-state index in [2.05, 4.69) is 26.7 Å². The zero-order valence-corrected chi connectivity index (χ0v) is 15.8.